The average Bonchev–Trinajstić information content (AvgIpc) is 2.94. The Bertz CT molecular complexity index is 1140. The Morgan fingerprint density at radius 3 is 1.75 bits per heavy atom. The van der Waals surface area contributed by atoms with Gasteiger partial charge in [-0.25, -0.2) is 4.79 Å². The van der Waals surface area contributed by atoms with Crippen LogP contribution < -0.4 is 27.4 Å². The molecule has 0 aromatic heterocycles. The van der Waals surface area contributed by atoms with E-state index in [2.05, 4.69) is 16.0 Å². The van der Waals surface area contributed by atoms with Crippen LogP contribution in [0.2, 0.25) is 0 Å². The van der Waals surface area contributed by atoms with E-state index in [9.17, 15) is 29.1 Å². The lowest BCUT2D eigenvalue weighted by Crippen LogP contribution is -2.59. The summed E-state index contributed by atoms with van der Waals surface area (Å²) in [6.45, 7) is 3.61. The Labute approximate surface area is 234 Å². The van der Waals surface area contributed by atoms with Crippen LogP contribution >= 0.6 is 0 Å². The molecule has 0 heterocycles. The summed E-state index contributed by atoms with van der Waals surface area (Å²) in [5.41, 5.74) is 12.5. The zero-order valence-corrected chi connectivity index (χ0v) is 22.8. The van der Waals surface area contributed by atoms with E-state index in [0.717, 1.165) is 11.1 Å². The van der Waals surface area contributed by atoms with Crippen LogP contribution in [0.4, 0.5) is 0 Å². The molecular weight excluding hydrogens is 514 g/mol. The first kappa shape index (κ1) is 32.0. The minimum atomic E-state index is -1.21. The van der Waals surface area contributed by atoms with E-state index < -0.39 is 53.8 Å². The van der Waals surface area contributed by atoms with E-state index in [1.54, 1.807) is 55.5 Å². The van der Waals surface area contributed by atoms with Crippen molar-refractivity contribution in [1.29, 1.82) is 0 Å². The molecule has 5 unspecified atom stereocenters. The summed E-state index contributed by atoms with van der Waals surface area (Å²) in [6.07, 6.45) is 0.619. The fourth-order valence-corrected chi connectivity index (χ4v) is 4.03. The summed E-state index contributed by atoms with van der Waals surface area (Å²) in [5.74, 6) is -4.07. The highest BCUT2D eigenvalue weighted by Crippen LogP contribution is 2.12. The molecule has 8 N–H and O–H groups in total. The van der Waals surface area contributed by atoms with Gasteiger partial charge in [-0.1, -0.05) is 80.9 Å². The number of hydrogen-bond acceptors (Lipinski definition) is 6. The molecule has 11 heteroatoms. The van der Waals surface area contributed by atoms with Gasteiger partial charge in [-0.3, -0.25) is 19.2 Å². The summed E-state index contributed by atoms with van der Waals surface area (Å²) in [4.78, 5) is 62.6. The first-order valence-electron chi connectivity index (χ1n) is 13.3. The van der Waals surface area contributed by atoms with Gasteiger partial charge < -0.3 is 32.5 Å². The van der Waals surface area contributed by atoms with Crippen LogP contribution in [0.5, 0.6) is 0 Å². The summed E-state index contributed by atoms with van der Waals surface area (Å²) >= 11 is 0. The van der Waals surface area contributed by atoms with Gasteiger partial charge in [-0.05, 0) is 23.5 Å². The molecule has 2 aromatic carbocycles. The molecule has 216 valence electrons. The van der Waals surface area contributed by atoms with Crippen LogP contribution in [0.25, 0.3) is 0 Å². The fraction of sp³-hybridized carbons (Fsp3) is 0.414. The first-order valence-corrected chi connectivity index (χ1v) is 13.3. The molecule has 11 nitrogen and oxygen atoms in total. The Morgan fingerprint density at radius 1 is 0.775 bits per heavy atom. The maximum absolute atomic E-state index is 13.5. The van der Waals surface area contributed by atoms with E-state index in [0.29, 0.717) is 6.42 Å². The van der Waals surface area contributed by atoms with Gasteiger partial charge in [0.05, 0.1) is 6.04 Å². The zero-order chi connectivity index (χ0) is 29.7. The number of benzene rings is 2. The number of carboxylic acid groups (broad SMARTS) is 1. The lowest BCUT2D eigenvalue weighted by atomic mass is 9.96. The summed E-state index contributed by atoms with van der Waals surface area (Å²) in [6, 6.07) is 13.4. The number of hydrogen-bond donors (Lipinski definition) is 6. The lowest BCUT2D eigenvalue weighted by molar-refractivity contribution is -0.142. The van der Waals surface area contributed by atoms with Crippen molar-refractivity contribution in [2.45, 2.75) is 70.1 Å². The van der Waals surface area contributed by atoms with Crippen LogP contribution in [0.15, 0.2) is 60.7 Å². The zero-order valence-electron chi connectivity index (χ0n) is 22.8. The van der Waals surface area contributed by atoms with Crippen molar-refractivity contribution in [3.63, 3.8) is 0 Å². The first-order chi connectivity index (χ1) is 19.0. The van der Waals surface area contributed by atoms with E-state index in [1.165, 1.54) is 0 Å². The highest BCUT2D eigenvalue weighted by atomic mass is 16.4. The normalized spacial score (nSPS) is 14.6. The van der Waals surface area contributed by atoms with Crippen molar-refractivity contribution in [2.75, 3.05) is 0 Å². The molecule has 4 amide bonds. The van der Waals surface area contributed by atoms with Gasteiger partial charge in [-0.2, -0.15) is 0 Å². The second-order valence-corrected chi connectivity index (χ2v) is 9.82. The van der Waals surface area contributed by atoms with Crippen molar-refractivity contribution in [1.82, 2.24) is 16.0 Å². The van der Waals surface area contributed by atoms with Crippen LogP contribution in [0.3, 0.4) is 0 Å². The topological polar surface area (TPSA) is 194 Å². The van der Waals surface area contributed by atoms with Crippen LogP contribution in [-0.2, 0) is 36.8 Å². The van der Waals surface area contributed by atoms with Crippen molar-refractivity contribution < 1.29 is 29.1 Å². The molecule has 0 bridgehead atoms. The molecule has 0 aliphatic carbocycles. The number of carboxylic acids is 1. The molecule has 0 saturated carbocycles. The van der Waals surface area contributed by atoms with Crippen molar-refractivity contribution in [2.24, 2.45) is 17.4 Å². The third kappa shape index (κ3) is 10.5. The Morgan fingerprint density at radius 2 is 1.27 bits per heavy atom. The fourth-order valence-electron chi connectivity index (χ4n) is 4.03. The van der Waals surface area contributed by atoms with Gasteiger partial charge >= 0.3 is 5.97 Å². The van der Waals surface area contributed by atoms with Crippen LogP contribution in [0.1, 0.15) is 44.2 Å². The summed E-state index contributed by atoms with van der Waals surface area (Å²) in [5, 5.41) is 17.6. The van der Waals surface area contributed by atoms with Crippen LogP contribution in [0, 0.1) is 5.92 Å². The van der Waals surface area contributed by atoms with Gasteiger partial charge in [0, 0.05) is 19.3 Å². The van der Waals surface area contributed by atoms with E-state index in [4.69, 9.17) is 11.5 Å². The van der Waals surface area contributed by atoms with E-state index in [-0.39, 0.29) is 31.6 Å². The molecule has 0 aliphatic rings. The maximum Gasteiger partial charge on any atom is 0.326 e. The van der Waals surface area contributed by atoms with Gasteiger partial charge in [0.2, 0.25) is 23.6 Å². The highest BCUT2D eigenvalue weighted by molar-refractivity contribution is 5.94. The predicted octanol–water partition coefficient (Wildman–Crippen LogP) is 0.650. The number of carbonyl (C=O) groups is 5. The Kier molecular flexibility index (Phi) is 12.8. The third-order valence-corrected chi connectivity index (χ3v) is 6.64. The minimum absolute atomic E-state index is 0.0106. The number of rotatable bonds is 16. The van der Waals surface area contributed by atoms with Gasteiger partial charge in [0.15, 0.2) is 0 Å². The molecule has 0 radical (unpaired) electrons. The molecule has 0 fully saturated rings. The Hall–Kier alpha value is -4.25. The molecule has 0 spiro atoms. The number of aliphatic carboxylic acids is 1. The second-order valence-electron chi connectivity index (χ2n) is 9.82. The second kappa shape index (κ2) is 16.0. The number of primary amides is 1. The molecule has 0 aliphatic heterocycles. The van der Waals surface area contributed by atoms with Crippen molar-refractivity contribution in [3.05, 3.63) is 71.8 Å². The maximum atomic E-state index is 13.5. The number of amides is 4. The van der Waals surface area contributed by atoms with Crippen molar-refractivity contribution >= 4 is 29.6 Å². The number of carbonyl (C=O) groups excluding carboxylic acids is 4. The van der Waals surface area contributed by atoms with Crippen LogP contribution in [-0.4, -0.2) is 58.9 Å². The molecule has 40 heavy (non-hydrogen) atoms. The monoisotopic (exact) mass is 553 g/mol. The van der Waals surface area contributed by atoms with E-state index in [1.807, 2.05) is 19.1 Å². The largest absolute Gasteiger partial charge is 0.480 e. The lowest BCUT2D eigenvalue weighted by Gasteiger charge is -2.28. The quantitative estimate of drug-likeness (QED) is 0.176. The molecule has 0 saturated heterocycles. The van der Waals surface area contributed by atoms with Gasteiger partial charge in [0.25, 0.3) is 0 Å². The Balaban J connectivity index is 2.22. The SMILES string of the molecule is CCC(C)C(NC(=O)C(Cc1ccccc1)NC(=O)C(N)CCC(N)=O)C(=O)NC(Cc1ccccc1)C(=O)O. The standard InChI is InChI=1S/C29H39N5O6/c1-3-18(2)25(28(38)33-23(29(39)40)17-20-12-8-5-9-13-20)34-27(37)22(16-19-10-6-4-7-11-19)32-26(36)21(30)14-15-24(31)35/h4-13,18,21-23,25H,3,14-17,30H2,1-2H3,(H2,31,35)(H,32,36)(H,33,38)(H,34,37)(H,39,40). The highest BCUT2D eigenvalue weighted by Gasteiger charge is 2.33. The van der Waals surface area contributed by atoms with Crippen molar-refractivity contribution in [3.8, 4) is 0 Å². The minimum Gasteiger partial charge on any atom is -0.480 e. The third-order valence-electron chi connectivity index (χ3n) is 6.64. The molecular formula is C29H39N5O6. The molecule has 2 aromatic rings. The van der Waals surface area contributed by atoms with E-state index >= 15 is 0 Å². The summed E-state index contributed by atoms with van der Waals surface area (Å²) < 4.78 is 0. The van der Waals surface area contributed by atoms with Gasteiger partial charge in [0.1, 0.15) is 18.1 Å². The summed E-state index contributed by atoms with van der Waals surface area (Å²) in [7, 11) is 0. The molecule has 5 atom stereocenters. The average molecular weight is 554 g/mol. The predicted molar refractivity (Wildman–Crippen MR) is 150 cm³/mol. The number of nitrogens with one attached hydrogen (secondary N) is 3. The molecule has 2 rings (SSSR count). The van der Waals surface area contributed by atoms with Gasteiger partial charge in [-0.15, -0.1) is 0 Å². The smallest absolute Gasteiger partial charge is 0.326 e. The number of nitrogens with two attached hydrogens (primary N) is 2.